The maximum atomic E-state index is 5.62. The number of methoxy groups -OCH3 is 1. The number of nitrogens with zero attached hydrogens (tertiary/aromatic N) is 1. The highest BCUT2D eigenvalue weighted by molar-refractivity contribution is 7.80. The van der Waals surface area contributed by atoms with Gasteiger partial charge in [0.25, 0.3) is 0 Å². The predicted molar refractivity (Wildman–Crippen MR) is 57.9 cm³/mol. The van der Waals surface area contributed by atoms with Crippen LogP contribution in [0.1, 0.15) is 19.8 Å². The first kappa shape index (κ1) is 10.9. The largest absolute Gasteiger partial charge is 0.392 e. The van der Waals surface area contributed by atoms with Gasteiger partial charge in [-0.25, -0.2) is 0 Å². The summed E-state index contributed by atoms with van der Waals surface area (Å²) < 4.78 is 5.05. The number of ether oxygens (including phenoxy) is 1. The molecule has 0 aromatic carbocycles. The molecule has 0 aromatic heterocycles. The van der Waals surface area contributed by atoms with E-state index in [1.54, 1.807) is 7.11 Å². The van der Waals surface area contributed by atoms with Crippen molar-refractivity contribution in [1.29, 1.82) is 0 Å². The first-order chi connectivity index (χ1) is 6.16. The second-order valence-corrected chi connectivity index (χ2v) is 4.01. The van der Waals surface area contributed by atoms with Gasteiger partial charge in [0.1, 0.15) is 0 Å². The van der Waals surface area contributed by atoms with Gasteiger partial charge < -0.3 is 10.5 Å². The molecule has 1 atom stereocenters. The lowest BCUT2D eigenvalue weighted by molar-refractivity contribution is 0.136. The minimum absolute atomic E-state index is 0.206. The summed E-state index contributed by atoms with van der Waals surface area (Å²) in [6.45, 7) is 3.75. The Morgan fingerprint density at radius 3 is 2.69 bits per heavy atom. The molecular weight excluding hydrogens is 184 g/mol. The molecule has 1 saturated carbocycles. The molecule has 3 nitrogen and oxygen atoms in total. The van der Waals surface area contributed by atoms with Gasteiger partial charge in [-0.05, 0) is 19.8 Å². The number of rotatable bonds is 6. The molecule has 0 amide bonds. The van der Waals surface area contributed by atoms with E-state index in [1.165, 1.54) is 12.8 Å². The zero-order chi connectivity index (χ0) is 9.84. The van der Waals surface area contributed by atoms with E-state index in [4.69, 9.17) is 22.7 Å². The van der Waals surface area contributed by atoms with Crippen molar-refractivity contribution >= 4 is 17.2 Å². The normalized spacial score (nSPS) is 19.0. The third kappa shape index (κ3) is 3.21. The van der Waals surface area contributed by atoms with Crippen LogP contribution in [-0.4, -0.2) is 42.2 Å². The lowest BCUT2D eigenvalue weighted by Crippen LogP contribution is -2.44. The van der Waals surface area contributed by atoms with Gasteiger partial charge in [0.05, 0.1) is 17.6 Å². The quantitative estimate of drug-likeness (QED) is 0.646. The van der Waals surface area contributed by atoms with Gasteiger partial charge in [-0.15, -0.1) is 0 Å². The van der Waals surface area contributed by atoms with E-state index in [-0.39, 0.29) is 6.04 Å². The Morgan fingerprint density at radius 2 is 2.31 bits per heavy atom. The van der Waals surface area contributed by atoms with Crippen molar-refractivity contribution in [1.82, 2.24) is 4.90 Å². The molecule has 0 heterocycles. The van der Waals surface area contributed by atoms with Crippen molar-refractivity contribution in [3.63, 3.8) is 0 Å². The molecule has 1 aliphatic rings. The number of thiocarbonyl (C=S) groups is 1. The van der Waals surface area contributed by atoms with Gasteiger partial charge >= 0.3 is 0 Å². The SMILES string of the molecule is COCCN(C1CC1)C(C)C(N)=S. The topological polar surface area (TPSA) is 38.5 Å². The monoisotopic (exact) mass is 202 g/mol. The second kappa shape index (κ2) is 4.88. The van der Waals surface area contributed by atoms with Gasteiger partial charge in [-0.1, -0.05) is 12.2 Å². The molecule has 0 saturated heterocycles. The summed E-state index contributed by atoms with van der Waals surface area (Å²) in [6, 6.07) is 0.893. The molecule has 1 fully saturated rings. The van der Waals surface area contributed by atoms with Gasteiger partial charge in [-0.2, -0.15) is 0 Å². The molecule has 0 spiro atoms. The summed E-state index contributed by atoms with van der Waals surface area (Å²) in [6.07, 6.45) is 2.55. The minimum atomic E-state index is 0.206. The first-order valence-electron chi connectivity index (χ1n) is 4.70. The van der Waals surface area contributed by atoms with Crippen LogP contribution in [0.2, 0.25) is 0 Å². The van der Waals surface area contributed by atoms with Crippen molar-refractivity contribution < 1.29 is 4.74 Å². The van der Waals surface area contributed by atoms with Crippen molar-refractivity contribution in [2.45, 2.75) is 31.8 Å². The van der Waals surface area contributed by atoms with Crippen molar-refractivity contribution in [3.05, 3.63) is 0 Å². The van der Waals surface area contributed by atoms with E-state index in [0.29, 0.717) is 11.0 Å². The molecule has 76 valence electrons. The summed E-state index contributed by atoms with van der Waals surface area (Å²) >= 11 is 4.99. The summed E-state index contributed by atoms with van der Waals surface area (Å²) in [5, 5.41) is 0. The molecule has 1 rings (SSSR count). The van der Waals surface area contributed by atoms with E-state index >= 15 is 0 Å². The van der Waals surface area contributed by atoms with Crippen molar-refractivity contribution in [2.24, 2.45) is 5.73 Å². The Labute approximate surface area is 85.2 Å². The Bertz CT molecular complexity index is 182. The third-order valence-electron chi connectivity index (χ3n) is 2.48. The summed E-state index contributed by atoms with van der Waals surface area (Å²) in [4.78, 5) is 2.93. The molecule has 0 radical (unpaired) electrons. The fourth-order valence-corrected chi connectivity index (χ4v) is 1.59. The third-order valence-corrected chi connectivity index (χ3v) is 2.82. The summed E-state index contributed by atoms with van der Waals surface area (Å²) in [5.41, 5.74) is 5.62. The fourth-order valence-electron chi connectivity index (χ4n) is 1.46. The maximum absolute atomic E-state index is 5.62. The van der Waals surface area contributed by atoms with E-state index in [1.807, 2.05) is 0 Å². The van der Waals surface area contributed by atoms with Crippen LogP contribution in [-0.2, 0) is 4.74 Å². The molecule has 1 aliphatic carbocycles. The van der Waals surface area contributed by atoms with E-state index < -0.39 is 0 Å². The molecular formula is C9H18N2OS. The van der Waals surface area contributed by atoms with Crippen LogP contribution < -0.4 is 5.73 Å². The highest BCUT2D eigenvalue weighted by atomic mass is 32.1. The summed E-state index contributed by atoms with van der Waals surface area (Å²) in [7, 11) is 1.72. The van der Waals surface area contributed by atoms with Crippen LogP contribution in [0.25, 0.3) is 0 Å². The smallest absolute Gasteiger partial charge is 0.0899 e. The minimum Gasteiger partial charge on any atom is -0.392 e. The zero-order valence-electron chi connectivity index (χ0n) is 8.32. The van der Waals surface area contributed by atoms with Crippen LogP contribution >= 0.6 is 12.2 Å². The Hall–Kier alpha value is -0.190. The van der Waals surface area contributed by atoms with E-state index in [0.717, 1.165) is 13.2 Å². The van der Waals surface area contributed by atoms with Crippen molar-refractivity contribution in [2.75, 3.05) is 20.3 Å². The highest BCUT2D eigenvalue weighted by Crippen LogP contribution is 2.28. The van der Waals surface area contributed by atoms with Crippen molar-refractivity contribution in [3.8, 4) is 0 Å². The average molecular weight is 202 g/mol. The average Bonchev–Trinajstić information content (AvgIpc) is 2.88. The standard InChI is InChI=1S/C9H18N2OS/c1-7(9(10)13)11(5-6-12-2)8-3-4-8/h7-8H,3-6H2,1-2H3,(H2,10,13). The fraction of sp³-hybridized carbons (Fsp3) is 0.889. The molecule has 0 aromatic rings. The lowest BCUT2D eigenvalue weighted by atomic mass is 10.2. The number of hydrogen-bond donors (Lipinski definition) is 1. The molecule has 2 N–H and O–H groups in total. The van der Waals surface area contributed by atoms with Gasteiger partial charge in [0, 0.05) is 19.7 Å². The van der Waals surface area contributed by atoms with Gasteiger partial charge in [0.15, 0.2) is 0 Å². The molecule has 1 unspecified atom stereocenters. The van der Waals surface area contributed by atoms with Crippen LogP contribution in [0, 0.1) is 0 Å². The Balaban J connectivity index is 2.40. The Kier molecular flexibility index (Phi) is 4.09. The zero-order valence-corrected chi connectivity index (χ0v) is 9.14. The van der Waals surface area contributed by atoms with Crippen LogP contribution in [0.4, 0.5) is 0 Å². The van der Waals surface area contributed by atoms with Gasteiger partial charge in [-0.3, -0.25) is 4.90 Å². The van der Waals surface area contributed by atoms with Gasteiger partial charge in [0.2, 0.25) is 0 Å². The van der Waals surface area contributed by atoms with Crippen LogP contribution in [0.5, 0.6) is 0 Å². The molecule has 0 aliphatic heterocycles. The molecule has 13 heavy (non-hydrogen) atoms. The lowest BCUT2D eigenvalue weighted by Gasteiger charge is -2.27. The van der Waals surface area contributed by atoms with E-state index in [9.17, 15) is 0 Å². The molecule has 0 bridgehead atoms. The predicted octanol–water partition coefficient (Wildman–Crippen LogP) is 0.772. The highest BCUT2D eigenvalue weighted by Gasteiger charge is 2.32. The van der Waals surface area contributed by atoms with Crippen LogP contribution in [0.3, 0.4) is 0 Å². The maximum Gasteiger partial charge on any atom is 0.0899 e. The Morgan fingerprint density at radius 1 is 1.69 bits per heavy atom. The first-order valence-corrected chi connectivity index (χ1v) is 5.11. The molecule has 4 heteroatoms. The van der Waals surface area contributed by atoms with E-state index in [2.05, 4.69) is 11.8 Å². The van der Waals surface area contributed by atoms with Crippen LogP contribution in [0.15, 0.2) is 0 Å². The number of hydrogen-bond acceptors (Lipinski definition) is 3. The summed E-state index contributed by atoms with van der Waals surface area (Å²) in [5.74, 6) is 0. The number of nitrogens with two attached hydrogens (primary N) is 1. The second-order valence-electron chi connectivity index (χ2n) is 3.54.